The summed E-state index contributed by atoms with van der Waals surface area (Å²) in [5, 5.41) is 18.3. The quantitative estimate of drug-likeness (QED) is 0.0914. The van der Waals surface area contributed by atoms with Gasteiger partial charge in [-0.25, -0.2) is 26.2 Å². The minimum Gasteiger partial charge on any atom is -0.439 e. The number of aldehydes is 1. The Morgan fingerprint density at radius 2 is 1.08 bits per heavy atom. The summed E-state index contributed by atoms with van der Waals surface area (Å²) in [7, 11) is -6.80. The van der Waals surface area contributed by atoms with Gasteiger partial charge in [0, 0.05) is 41.9 Å². The van der Waals surface area contributed by atoms with Crippen molar-refractivity contribution in [2.45, 2.75) is 51.9 Å². The predicted molar refractivity (Wildman–Crippen MR) is 240 cm³/mol. The van der Waals surface area contributed by atoms with Crippen LogP contribution in [0.2, 0.25) is 0 Å². The summed E-state index contributed by atoms with van der Waals surface area (Å²) in [6.07, 6.45) is 0.783. The molecule has 2 aliphatic rings. The Balaban J connectivity index is 0.000000191. The van der Waals surface area contributed by atoms with Crippen LogP contribution in [0.3, 0.4) is 0 Å². The highest BCUT2D eigenvalue weighted by molar-refractivity contribution is 7.89. The molecule has 4 aromatic carbocycles. The van der Waals surface area contributed by atoms with E-state index in [9.17, 15) is 21.6 Å². The molecular weight excluding hydrogens is 859 g/mol. The van der Waals surface area contributed by atoms with Gasteiger partial charge in [-0.1, -0.05) is 36.4 Å². The van der Waals surface area contributed by atoms with E-state index in [1.165, 1.54) is 0 Å². The van der Waals surface area contributed by atoms with Crippen molar-refractivity contribution < 1.29 is 40.6 Å². The van der Waals surface area contributed by atoms with Crippen LogP contribution in [0, 0.1) is 11.3 Å². The predicted octanol–water partition coefficient (Wildman–Crippen LogP) is 6.74. The van der Waals surface area contributed by atoms with E-state index in [1.54, 1.807) is 71.7 Å². The Hall–Kier alpha value is -6.20. The summed E-state index contributed by atoms with van der Waals surface area (Å²) < 4.78 is 80.7. The number of rotatable bonds is 17. The maximum absolute atomic E-state index is 12.2. The number of carbonyl (C=O) groups excluding carboxylic acids is 1. The number of sulfonamides is 2. The second-order valence-electron chi connectivity index (χ2n) is 15.2. The second kappa shape index (κ2) is 19.3. The van der Waals surface area contributed by atoms with Gasteiger partial charge in [-0.15, -0.1) is 0 Å². The molecule has 2 N–H and O–H groups in total. The van der Waals surface area contributed by atoms with Gasteiger partial charge in [0.15, 0.2) is 0 Å². The number of aryl methyl sites for hydroxylation is 2. The van der Waals surface area contributed by atoms with E-state index in [4.69, 9.17) is 24.2 Å². The summed E-state index contributed by atoms with van der Waals surface area (Å²) >= 11 is 0. The third-order valence-corrected chi connectivity index (χ3v) is 13.7. The molecule has 0 bridgehead atoms. The minimum absolute atomic E-state index is 0.00384. The Labute approximate surface area is 372 Å². The summed E-state index contributed by atoms with van der Waals surface area (Å²) in [6.45, 7) is 9.51. The lowest BCUT2D eigenvalue weighted by Crippen LogP contribution is -2.59. The van der Waals surface area contributed by atoms with Crippen LogP contribution in [0.15, 0.2) is 109 Å². The van der Waals surface area contributed by atoms with Crippen molar-refractivity contribution in [1.29, 1.82) is 5.26 Å². The number of ether oxygens (including phenoxy) is 4. The van der Waals surface area contributed by atoms with Crippen LogP contribution >= 0.6 is 0 Å². The van der Waals surface area contributed by atoms with Crippen molar-refractivity contribution in [2.24, 2.45) is 0 Å². The molecule has 334 valence electrons. The number of hydrogen-bond donors (Lipinski definition) is 2. The SMILES string of the molecule is CCn1nc(-c2cccc(C3(NS(=O)(=O)CC)COC3)c2)cc1Oc1ccc(C#N)cc1.CCn1nc(-c2cccc(C3(NS(=O)(=O)CC)COC3)c2)cc1Oc1ccc(C=O)cc1. The Kier molecular flexibility index (Phi) is 13.8. The highest BCUT2D eigenvalue weighted by Gasteiger charge is 2.44. The molecule has 4 heterocycles. The van der Waals surface area contributed by atoms with Crippen molar-refractivity contribution in [3.8, 4) is 51.8 Å². The fraction of sp³-hybridized carbons (Fsp3) is 0.304. The summed E-state index contributed by atoms with van der Waals surface area (Å²) in [5.74, 6) is 2.37. The van der Waals surface area contributed by atoms with Crippen molar-refractivity contribution in [2.75, 3.05) is 37.9 Å². The van der Waals surface area contributed by atoms with E-state index in [0.29, 0.717) is 58.9 Å². The van der Waals surface area contributed by atoms with Gasteiger partial charge >= 0.3 is 0 Å². The fourth-order valence-electron chi connectivity index (χ4n) is 7.03. The van der Waals surface area contributed by atoms with Crippen molar-refractivity contribution in [3.05, 3.63) is 131 Å². The molecule has 6 aromatic rings. The molecule has 2 aliphatic heterocycles. The van der Waals surface area contributed by atoms with Crippen LogP contribution in [-0.4, -0.2) is 80.6 Å². The Morgan fingerprint density at radius 3 is 1.42 bits per heavy atom. The summed E-state index contributed by atoms with van der Waals surface area (Å²) in [6, 6.07) is 34.8. The van der Waals surface area contributed by atoms with Crippen LogP contribution in [0.25, 0.3) is 22.5 Å². The van der Waals surface area contributed by atoms with Crippen molar-refractivity contribution >= 4 is 26.3 Å². The van der Waals surface area contributed by atoms with E-state index in [0.717, 1.165) is 28.5 Å². The molecule has 0 radical (unpaired) electrons. The zero-order valence-electron chi connectivity index (χ0n) is 35.9. The number of carbonyl (C=O) groups is 1. The average Bonchev–Trinajstić information content (AvgIpc) is 3.90. The van der Waals surface area contributed by atoms with Gasteiger partial charge in [-0.2, -0.15) is 24.9 Å². The van der Waals surface area contributed by atoms with Crippen LogP contribution in [0.1, 0.15) is 54.7 Å². The van der Waals surface area contributed by atoms with Gasteiger partial charge in [0.2, 0.25) is 31.8 Å². The highest BCUT2D eigenvalue weighted by Crippen LogP contribution is 2.36. The first-order chi connectivity index (χ1) is 30.8. The van der Waals surface area contributed by atoms with Gasteiger partial charge in [0.25, 0.3) is 0 Å². The first-order valence-electron chi connectivity index (χ1n) is 20.7. The molecule has 0 amide bonds. The lowest BCUT2D eigenvalue weighted by Gasteiger charge is -2.42. The third-order valence-electron chi connectivity index (χ3n) is 10.8. The van der Waals surface area contributed by atoms with Gasteiger partial charge < -0.3 is 18.9 Å². The minimum atomic E-state index is -3.40. The van der Waals surface area contributed by atoms with Gasteiger partial charge in [-0.05, 0) is 99.5 Å². The van der Waals surface area contributed by atoms with Crippen molar-refractivity contribution in [1.82, 2.24) is 29.0 Å². The van der Waals surface area contributed by atoms with E-state index >= 15 is 0 Å². The number of nitrogens with one attached hydrogen (secondary N) is 2. The second-order valence-corrected chi connectivity index (χ2v) is 19.2. The maximum Gasteiger partial charge on any atom is 0.218 e. The average molecular weight is 908 g/mol. The molecule has 0 unspecified atom stereocenters. The first kappa shape index (κ1) is 45.8. The van der Waals surface area contributed by atoms with E-state index in [1.807, 2.05) is 74.5 Å². The Morgan fingerprint density at radius 1 is 0.656 bits per heavy atom. The molecule has 2 aromatic heterocycles. The topological polar surface area (TPSA) is 206 Å². The summed E-state index contributed by atoms with van der Waals surface area (Å²) in [5.41, 5.74) is 4.39. The molecule has 2 fully saturated rings. The van der Waals surface area contributed by atoms with Gasteiger partial charge in [0.05, 0.1) is 61.0 Å². The van der Waals surface area contributed by atoms with Crippen LogP contribution in [0.5, 0.6) is 23.3 Å². The molecule has 2 saturated heterocycles. The molecule has 0 saturated carbocycles. The molecule has 0 aliphatic carbocycles. The van der Waals surface area contributed by atoms with Crippen LogP contribution in [0.4, 0.5) is 0 Å². The fourth-order valence-corrected chi connectivity index (χ4v) is 8.98. The zero-order chi connectivity index (χ0) is 45.5. The van der Waals surface area contributed by atoms with E-state index < -0.39 is 31.1 Å². The third kappa shape index (κ3) is 10.3. The lowest BCUT2D eigenvalue weighted by molar-refractivity contribution is -0.0663. The van der Waals surface area contributed by atoms with E-state index in [2.05, 4.69) is 25.7 Å². The molecule has 18 heteroatoms. The van der Waals surface area contributed by atoms with Crippen LogP contribution < -0.4 is 18.9 Å². The smallest absolute Gasteiger partial charge is 0.218 e. The Bertz CT molecular complexity index is 2860. The molecule has 0 atom stereocenters. The number of nitrogens with zero attached hydrogens (tertiary/aromatic N) is 5. The molecule has 64 heavy (non-hydrogen) atoms. The standard InChI is InChI=1S/C23H24N4O4S.C23H25N3O5S/c1-3-27-22(31-20-10-8-17(14-24)9-11-20)13-21(25-27)18-6-5-7-19(12-18)23(15-30-16-23)26-32(28,29)4-2;1-3-26-22(31-20-10-8-17(14-27)9-11-20)13-21(24-26)18-6-5-7-19(12-18)23(15-30-16-23)25-32(28,29)4-2/h5-13,26H,3-4,15-16H2,1-2H3;5-14,25H,3-4,15-16H2,1-2H3. The lowest BCUT2D eigenvalue weighted by atomic mass is 9.88. The number of aromatic nitrogens is 4. The molecule has 16 nitrogen and oxygen atoms in total. The number of benzene rings is 4. The molecule has 0 spiro atoms. The first-order valence-corrected chi connectivity index (χ1v) is 24.0. The monoisotopic (exact) mass is 907 g/mol. The van der Waals surface area contributed by atoms with Gasteiger partial charge in [-0.3, -0.25) is 4.79 Å². The molecule has 8 rings (SSSR count). The van der Waals surface area contributed by atoms with Crippen molar-refractivity contribution in [3.63, 3.8) is 0 Å². The van der Waals surface area contributed by atoms with Crippen LogP contribution in [-0.2, 0) is 53.7 Å². The van der Waals surface area contributed by atoms with E-state index in [-0.39, 0.29) is 37.9 Å². The summed E-state index contributed by atoms with van der Waals surface area (Å²) in [4.78, 5) is 10.9. The van der Waals surface area contributed by atoms with Gasteiger partial charge in [0.1, 0.15) is 28.9 Å². The molecular formula is C46H49N7O9S2. The maximum atomic E-state index is 12.2. The largest absolute Gasteiger partial charge is 0.439 e. The normalized spacial score (nSPS) is 15.1. The highest BCUT2D eigenvalue weighted by atomic mass is 32.2. The number of hydrogen-bond acceptors (Lipinski definition) is 12. The number of nitriles is 1. The zero-order valence-corrected chi connectivity index (χ0v) is 37.5.